The van der Waals surface area contributed by atoms with Gasteiger partial charge in [0.1, 0.15) is 5.82 Å². The van der Waals surface area contributed by atoms with Gasteiger partial charge in [0.05, 0.1) is 0 Å². The highest BCUT2D eigenvalue weighted by atomic mass is 32.2. The zero-order valence-corrected chi connectivity index (χ0v) is 10.3. The third kappa shape index (κ3) is 2.61. The molecule has 1 saturated heterocycles. The number of amides is 1. The zero-order valence-electron chi connectivity index (χ0n) is 9.50. The molecule has 2 rings (SSSR count). The molecule has 92 valence electrons. The van der Waals surface area contributed by atoms with Crippen molar-refractivity contribution in [1.29, 1.82) is 0 Å². The normalized spacial score (nSPS) is 23.7. The summed E-state index contributed by atoms with van der Waals surface area (Å²) in [6.07, 6.45) is 0.442. The van der Waals surface area contributed by atoms with E-state index in [-0.39, 0.29) is 5.82 Å². The lowest BCUT2D eigenvalue weighted by Crippen LogP contribution is -2.42. The second kappa shape index (κ2) is 4.66. The minimum Gasteiger partial charge on any atom is -0.379 e. The fraction of sp³-hybridized carbons (Fsp3) is 0.417. The third-order valence-corrected chi connectivity index (χ3v) is 4.03. The molecule has 0 aliphatic carbocycles. The second-order valence-corrected chi connectivity index (χ2v) is 5.36. The molecule has 1 aliphatic heterocycles. The summed E-state index contributed by atoms with van der Waals surface area (Å²) in [5.74, 6) is 0.348. The first-order valence-corrected chi connectivity index (χ1v) is 6.54. The molecule has 0 aromatic heterocycles. The van der Waals surface area contributed by atoms with E-state index in [1.807, 2.05) is 0 Å². The maximum Gasteiger partial charge on any atom is 0.257 e. The first-order valence-electron chi connectivity index (χ1n) is 5.39. The van der Waals surface area contributed by atoms with Crippen molar-refractivity contribution >= 4 is 23.4 Å². The molecular formula is C12H14FNO2S. The van der Waals surface area contributed by atoms with Crippen molar-refractivity contribution in [1.82, 2.24) is 0 Å². The van der Waals surface area contributed by atoms with Crippen LogP contribution >= 0.6 is 11.8 Å². The van der Waals surface area contributed by atoms with Crippen LogP contribution in [0.3, 0.4) is 0 Å². The van der Waals surface area contributed by atoms with Crippen LogP contribution in [0, 0.1) is 12.7 Å². The predicted octanol–water partition coefficient (Wildman–Crippen LogP) is 1.94. The Morgan fingerprint density at radius 2 is 2.35 bits per heavy atom. The summed E-state index contributed by atoms with van der Waals surface area (Å²) in [4.78, 5) is 11.8. The number of carbonyl (C=O) groups excluding carboxylic acids is 1. The SMILES string of the molecule is Cc1ccc(NC(=O)C2(O)CCSC2)cc1F. The lowest BCUT2D eigenvalue weighted by Gasteiger charge is -2.20. The molecule has 1 aromatic carbocycles. The first-order chi connectivity index (χ1) is 8.01. The number of aryl methyl sites for hydroxylation is 1. The van der Waals surface area contributed by atoms with Gasteiger partial charge in [-0.05, 0) is 36.8 Å². The fourth-order valence-electron chi connectivity index (χ4n) is 1.65. The Labute approximate surface area is 103 Å². The van der Waals surface area contributed by atoms with E-state index in [9.17, 15) is 14.3 Å². The van der Waals surface area contributed by atoms with E-state index < -0.39 is 11.5 Å². The number of rotatable bonds is 2. The molecule has 0 bridgehead atoms. The Hall–Kier alpha value is -1.07. The Morgan fingerprint density at radius 1 is 1.59 bits per heavy atom. The first kappa shape index (κ1) is 12.4. The van der Waals surface area contributed by atoms with Crippen LogP contribution in [0.15, 0.2) is 18.2 Å². The summed E-state index contributed by atoms with van der Waals surface area (Å²) in [5.41, 5.74) is -0.409. The molecule has 0 radical (unpaired) electrons. The van der Waals surface area contributed by atoms with Crippen LogP contribution in [0.25, 0.3) is 0 Å². The van der Waals surface area contributed by atoms with Crippen LogP contribution in [-0.4, -0.2) is 28.1 Å². The number of nitrogens with one attached hydrogen (secondary N) is 1. The van der Waals surface area contributed by atoms with Gasteiger partial charge in [0.25, 0.3) is 5.91 Å². The fourth-order valence-corrected chi connectivity index (χ4v) is 2.89. The van der Waals surface area contributed by atoms with E-state index in [0.29, 0.717) is 23.4 Å². The number of hydrogen-bond donors (Lipinski definition) is 2. The molecule has 17 heavy (non-hydrogen) atoms. The van der Waals surface area contributed by atoms with E-state index in [1.54, 1.807) is 30.8 Å². The van der Waals surface area contributed by atoms with Crippen LogP contribution in [0.1, 0.15) is 12.0 Å². The molecule has 1 heterocycles. The molecule has 0 spiro atoms. The van der Waals surface area contributed by atoms with Crippen LogP contribution in [0.2, 0.25) is 0 Å². The molecule has 1 atom stereocenters. The summed E-state index contributed by atoms with van der Waals surface area (Å²) >= 11 is 1.54. The number of halogens is 1. The maximum atomic E-state index is 13.3. The number of hydrogen-bond acceptors (Lipinski definition) is 3. The molecule has 1 amide bonds. The number of anilines is 1. The Balaban J connectivity index is 2.10. The van der Waals surface area contributed by atoms with Gasteiger partial charge in [-0.25, -0.2) is 4.39 Å². The average Bonchev–Trinajstić information content (AvgIpc) is 2.72. The van der Waals surface area contributed by atoms with Crippen molar-refractivity contribution in [2.24, 2.45) is 0 Å². The Bertz CT molecular complexity index is 444. The van der Waals surface area contributed by atoms with Crippen LogP contribution in [0.4, 0.5) is 10.1 Å². The van der Waals surface area contributed by atoms with Crippen molar-refractivity contribution < 1.29 is 14.3 Å². The Morgan fingerprint density at radius 3 is 2.94 bits per heavy atom. The van der Waals surface area contributed by atoms with Crippen LogP contribution < -0.4 is 5.32 Å². The highest BCUT2D eigenvalue weighted by Gasteiger charge is 2.39. The van der Waals surface area contributed by atoms with E-state index in [1.165, 1.54) is 6.07 Å². The molecular weight excluding hydrogens is 241 g/mol. The molecule has 5 heteroatoms. The van der Waals surface area contributed by atoms with Gasteiger partial charge in [0.15, 0.2) is 5.60 Å². The Kier molecular flexibility index (Phi) is 3.40. The van der Waals surface area contributed by atoms with Crippen molar-refractivity contribution in [3.63, 3.8) is 0 Å². The number of aliphatic hydroxyl groups is 1. The van der Waals surface area contributed by atoms with Crippen molar-refractivity contribution in [2.75, 3.05) is 16.8 Å². The van der Waals surface area contributed by atoms with Crippen LogP contribution in [-0.2, 0) is 4.79 Å². The molecule has 2 N–H and O–H groups in total. The number of carbonyl (C=O) groups is 1. The van der Waals surface area contributed by atoms with Gasteiger partial charge < -0.3 is 10.4 Å². The monoisotopic (exact) mass is 255 g/mol. The standard InChI is InChI=1S/C12H14FNO2S/c1-8-2-3-9(6-10(8)13)14-11(15)12(16)4-5-17-7-12/h2-3,6,16H,4-5,7H2,1H3,(H,14,15). The third-order valence-electron chi connectivity index (χ3n) is 2.85. The van der Waals surface area contributed by atoms with E-state index >= 15 is 0 Å². The summed E-state index contributed by atoms with van der Waals surface area (Å²) in [5, 5.41) is 12.6. The van der Waals surface area contributed by atoms with Gasteiger partial charge in [0, 0.05) is 11.4 Å². The molecule has 1 aliphatic rings. The molecule has 3 nitrogen and oxygen atoms in total. The summed E-state index contributed by atoms with van der Waals surface area (Å²) in [6.45, 7) is 1.65. The van der Waals surface area contributed by atoms with Crippen molar-refractivity contribution in [3.8, 4) is 0 Å². The largest absolute Gasteiger partial charge is 0.379 e. The summed E-state index contributed by atoms with van der Waals surface area (Å²) in [6, 6.07) is 4.48. The van der Waals surface area contributed by atoms with Gasteiger partial charge in [-0.3, -0.25) is 4.79 Å². The lowest BCUT2D eigenvalue weighted by molar-refractivity contribution is -0.131. The van der Waals surface area contributed by atoms with Crippen molar-refractivity contribution in [3.05, 3.63) is 29.6 Å². The predicted molar refractivity (Wildman–Crippen MR) is 66.7 cm³/mol. The van der Waals surface area contributed by atoms with E-state index in [4.69, 9.17) is 0 Å². The minimum absolute atomic E-state index is 0.365. The number of benzene rings is 1. The highest BCUT2D eigenvalue weighted by molar-refractivity contribution is 7.99. The molecule has 1 aromatic rings. The van der Waals surface area contributed by atoms with Crippen molar-refractivity contribution in [2.45, 2.75) is 18.9 Å². The van der Waals surface area contributed by atoms with Gasteiger partial charge in [0.2, 0.25) is 0 Å². The van der Waals surface area contributed by atoms with E-state index in [0.717, 1.165) is 5.75 Å². The quantitative estimate of drug-likeness (QED) is 0.849. The van der Waals surface area contributed by atoms with Gasteiger partial charge >= 0.3 is 0 Å². The second-order valence-electron chi connectivity index (χ2n) is 4.25. The highest BCUT2D eigenvalue weighted by Crippen LogP contribution is 2.29. The topological polar surface area (TPSA) is 49.3 Å². The molecule has 0 saturated carbocycles. The average molecular weight is 255 g/mol. The lowest BCUT2D eigenvalue weighted by atomic mass is 10.0. The van der Waals surface area contributed by atoms with Crippen LogP contribution in [0.5, 0.6) is 0 Å². The minimum atomic E-state index is -1.31. The smallest absolute Gasteiger partial charge is 0.257 e. The maximum absolute atomic E-state index is 13.3. The number of thioether (sulfide) groups is 1. The summed E-state index contributed by atoms with van der Waals surface area (Å²) in [7, 11) is 0. The van der Waals surface area contributed by atoms with Gasteiger partial charge in [-0.2, -0.15) is 11.8 Å². The summed E-state index contributed by atoms with van der Waals surface area (Å²) < 4.78 is 13.3. The van der Waals surface area contributed by atoms with E-state index in [2.05, 4.69) is 5.32 Å². The van der Waals surface area contributed by atoms with Gasteiger partial charge in [-0.1, -0.05) is 6.07 Å². The van der Waals surface area contributed by atoms with Gasteiger partial charge in [-0.15, -0.1) is 0 Å². The molecule has 1 fully saturated rings. The molecule has 1 unspecified atom stereocenters. The zero-order chi connectivity index (χ0) is 12.5.